The smallest absolute Gasteiger partial charge is 0.128 e. The Bertz CT molecular complexity index is 621. The summed E-state index contributed by atoms with van der Waals surface area (Å²) in [5, 5.41) is 12.2. The average molecular weight is 381 g/mol. The van der Waals surface area contributed by atoms with E-state index in [1.807, 2.05) is 37.3 Å². The Morgan fingerprint density at radius 1 is 1.20 bits per heavy atom. The molecule has 0 aliphatic carbocycles. The molecular formula is C16H16INO2. The summed E-state index contributed by atoms with van der Waals surface area (Å²) >= 11 is 2.27. The van der Waals surface area contributed by atoms with Crippen LogP contribution in [0, 0.1) is 10.5 Å². The van der Waals surface area contributed by atoms with E-state index in [1.54, 1.807) is 6.92 Å². The van der Waals surface area contributed by atoms with E-state index in [9.17, 15) is 0 Å². The Balaban J connectivity index is 2.19. The summed E-state index contributed by atoms with van der Waals surface area (Å²) in [4.78, 5) is 0. The van der Waals surface area contributed by atoms with Crippen LogP contribution in [0.3, 0.4) is 0 Å². The number of benzene rings is 2. The fraction of sp³-hybridized carbons (Fsp3) is 0.188. The summed E-state index contributed by atoms with van der Waals surface area (Å²) in [5.41, 5.74) is 3.57. The minimum atomic E-state index is 0.492. The number of aryl methyl sites for hydroxylation is 1. The maximum absolute atomic E-state index is 8.95. The maximum Gasteiger partial charge on any atom is 0.128 e. The highest BCUT2D eigenvalue weighted by Gasteiger charge is 2.08. The van der Waals surface area contributed by atoms with Crippen molar-refractivity contribution >= 4 is 28.3 Å². The largest absolute Gasteiger partial charge is 0.488 e. The normalized spacial score (nSPS) is 11.4. The second-order valence-corrected chi connectivity index (χ2v) is 5.85. The van der Waals surface area contributed by atoms with E-state index in [4.69, 9.17) is 9.94 Å². The number of nitrogens with zero attached hydrogens (tertiary/aromatic N) is 1. The van der Waals surface area contributed by atoms with Crippen molar-refractivity contribution in [2.45, 2.75) is 20.5 Å². The van der Waals surface area contributed by atoms with Gasteiger partial charge in [-0.2, -0.15) is 0 Å². The van der Waals surface area contributed by atoms with Crippen LogP contribution in [0.15, 0.2) is 47.6 Å². The SMILES string of the molecule is CC(=NO)c1cc(C)ccc1OCc1ccc(I)cc1. The minimum absolute atomic E-state index is 0.492. The van der Waals surface area contributed by atoms with Gasteiger partial charge in [0.15, 0.2) is 0 Å². The number of rotatable bonds is 4. The second kappa shape index (κ2) is 6.74. The Morgan fingerprint density at radius 3 is 2.55 bits per heavy atom. The van der Waals surface area contributed by atoms with Gasteiger partial charge in [0.1, 0.15) is 12.4 Å². The Morgan fingerprint density at radius 2 is 1.90 bits per heavy atom. The first kappa shape index (κ1) is 14.8. The van der Waals surface area contributed by atoms with Crippen molar-refractivity contribution < 1.29 is 9.94 Å². The molecule has 0 bridgehead atoms. The van der Waals surface area contributed by atoms with Gasteiger partial charge < -0.3 is 9.94 Å². The number of oxime groups is 1. The summed E-state index contributed by atoms with van der Waals surface area (Å²) in [7, 11) is 0. The fourth-order valence-electron chi connectivity index (χ4n) is 1.85. The maximum atomic E-state index is 8.95. The quantitative estimate of drug-likeness (QED) is 0.370. The van der Waals surface area contributed by atoms with Crippen molar-refractivity contribution in [2.24, 2.45) is 5.16 Å². The molecule has 20 heavy (non-hydrogen) atoms. The van der Waals surface area contributed by atoms with E-state index in [0.717, 1.165) is 22.4 Å². The first-order chi connectivity index (χ1) is 9.60. The summed E-state index contributed by atoms with van der Waals surface area (Å²) in [6, 6.07) is 14.0. The summed E-state index contributed by atoms with van der Waals surface area (Å²) in [5.74, 6) is 0.726. The van der Waals surface area contributed by atoms with Gasteiger partial charge in [0.05, 0.1) is 5.71 Å². The molecule has 0 saturated heterocycles. The van der Waals surface area contributed by atoms with Gasteiger partial charge in [-0.15, -0.1) is 0 Å². The van der Waals surface area contributed by atoms with Gasteiger partial charge in [-0.25, -0.2) is 0 Å². The molecule has 0 spiro atoms. The lowest BCUT2D eigenvalue weighted by Gasteiger charge is -2.12. The topological polar surface area (TPSA) is 41.8 Å². The predicted octanol–water partition coefficient (Wildman–Crippen LogP) is 4.38. The van der Waals surface area contributed by atoms with Crippen LogP contribution in [0.4, 0.5) is 0 Å². The standard InChI is InChI=1S/C16H16INO2/c1-11-3-8-16(15(9-11)12(2)18-19)20-10-13-4-6-14(17)7-5-13/h3-9,19H,10H2,1-2H3. The van der Waals surface area contributed by atoms with Gasteiger partial charge in [-0.1, -0.05) is 28.9 Å². The lowest BCUT2D eigenvalue weighted by molar-refractivity contribution is 0.303. The lowest BCUT2D eigenvalue weighted by atomic mass is 10.1. The van der Waals surface area contributed by atoms with Crippen LogP contribution < -0.4 is 4.74 Å². The van der Waals surface area contributed by atoms with Crippen molar-refractivity contribution in [3.05, 3.63) is 62.7 Å². The third kappa shape index (κ3) is 3.72. The Labute approximate surface area is 132 Å². The van der Waals surface area contributed by atoms with Gasteiger partial charge in [-0.05, 0) is 66.3 Å². The van der Waals surface area contributed by atoms with Crippen molar-refractivity contribution in [1.29, 1.82) is 0 Å². The van der Waals surface area contributed by atoms with Gasteiger partial charge in [0, 0.05) is 9.13 Å². The third-order valence-corrected chi connectivity index (χ3v) is 3.70. The average Bonchev–Trinajstić information content (AvgIpc) is 2.46. The minimum Gasteiger partial charge on any atom is -0.488 e. The van der Waals surface area contributed by atoms with E-state index in [1.165, 1.54) is 3.57 Å². The Kier molecular flexibility index (Phi) is 5.00. The van der Waals surface area contributed by atoms with Gasteiger partial charge in [0.25, 0.3) is 0 Å². The molecule has 0 aliphatic heterocycles. The van der Waals surface area contributed by atoms with Gasteiger partial charge >= 0.3 is 0 Å². The van der Waals surface area contributed by atoms with Crippen LogP contribution in [0.5, 0.6) is 5.75 Å². The summed E-state index contributed by atoms with van der Waals surface area (Å²) in [6.07, 6.45) is 0. The number of ether oxygens (including phenoxy) is 1. The van der Waals surface area contributed by atoms with Crippen LogP contribution in [0.25, 0.3) is 0 Å². The van der Waals surface area contributed by atoms with Crippen LogP contribution >= 0.6 is 22.6 Å². The number of halogens is 1. The van der Waals surface area contributed by atoms with Crippen LogP contribution in [-0.2, 0) is 6.61 Å². The first-order valence-corrected chi connectivity index (χ1v) is 7.35. The lowest BCUT2D eigenvalue weighted by Crippen LogP contribution is -2.03. The van der Waals surface area contributed by atoms with Gasteiger partial charge in [-0.3, -0.25) is 0 Å². The van der Waals surface area contributed by atoms with Crippen LogP contribution in [0.1, 0.15) is 23.6 Å². The molecular weight excluding hydrogens is 365 g/mol. The van der Waals surface area contributed by atoms with Crippen LogP contribution in [0.2, 0.25) is 0 Å². The zero-order chi connectivity index (χ0) is 14.5. The first-order valence-electron chi connectivity index (χ1n) is 6.27. The molecule has 0 aromatic heterocycles. The molecule has 2 aromatic rings. The summed E-state index contributed by atoms with van der Waals surface area (Å²) < 4.78 is 7.05. The van der Waals surface area contributed by atoms with Gasteiger partial charge in [0.2, 0.25) is 0 Å². The number of hydrogen-bond acceptors (Lipinski definition) is 3. The number of hydrogen-bond donors (Lipinski definition) is 1. The highest BCUT2D eigenvalue weighted by atomic mass is 127. The van der Waals surface area contributed by atoms with E-state index < -0.39 is 0 Å². The molecule has 4 heteroatoms. The molecule has 0 aliphatic rings. The predicted molar refractivity (Wildman–Crippen MR) is 88.7 cm³/mol. The van der Waals surface area contributed by atoms with Crippen molar-refractivity contribution in [2.75, 3.05) is 0 Å². The van der Waals surface area contributed by atoms with Crippen molar-refractivity contribution in [3.8, 4) is 5.75 Å². The fourth-order valence-corrected chi connectivity index (χ4v) is 2.21. The molecule has 2 aromatic carbocycles. The molecule has 0 fully saturated rings. The molecule has 0 amide bonds. The van der Waals surface area contributed by atoms with E-state index in [2.05, 4.69) is 39.9 Å². The van der Waals surface area contributed by atoms with Crippen molar-refractivity contribution in [3.63, 3.8) is 0 Å². The monoisotopic (exact) mass is 381 g/mol. The van der Waals surface area contributed by atoms with E-state index >= 15 is 0 Å². The molecule has 0 unspecified atom stereocenters. The molecule has 0 radical (unpaired) electrons. The molecule has 104 valence electrons. The molecule has 2 rings (SSSR count). The second-order valence-electron chi connectivity index (χ2n) is 4.60. The molecule has 0 saturated carbocycles. The molecule has 0 atom stereocenters. The zero-order valence-corrected chi connectivity index (χ0v) is 13.6. The van der Waals surface area contributed by atoms with E-state index in [-0.39, 0.29) is 0 Å². The van der Waals surface area contributed by atoms with E-state index in [0.29, 0.717) is 12.3 Å². The van der Waals surface area contributed by atoms with Crippen LogP contribution in [-0.4, -0.2) is 10.9 Å². The molecule has 1 N–H and O–H groups in total. The van der Waals surface area contributed by atoms with Crippen molar-refractivity contribution in [1.82, 2.24) is 0 Å². The summed E-state index contributed by atoms with van der Waals surface area (Å²) in [6.45, 7) is 4.25. The molecule has 3 nitrogen and oxygen atoms in total. The highest BCUT2D eigenvalue weighted by molar-refractivity contribution is 14.1. The highest BCUT2D eigenvalue weighted by Crippen LogP contribution is 2.22. The third-order valence-electron chi connectivity index (χ3n) is 2.98. The Hall–Kier alpha value is -1.56. The zero-order valence-electron chi connectivity index (χ0n) is 11.4. The molecule has 0 heterocycles.